The summed E-state index contributed by atoms with van der Waals surface area (Å²) < 4.78 is 38.8. The smallest absolute Gasteiger partial charge is 0.261 e. The quantitative estimate of drug-likeness (QED) is 0.454. The number of ether oxygens (including phenoxy) is 1. The average molecular weight is 458 g/mol. The highest BCUT2D eigenvalue weighted by atomic mass is 32.2. The number of furan rings is 1. The molecule has 0 saturated heterocycles. The van der Waals surface area contributed by atoms with Crippen molar-refractivity contribution in [2.75, 3.05) is 18.4 Å². The molecule has 2 aromatic carbocycles. The SMILES string of the molecule is CCNC(=O)c1cc(S(=O)(=O)Nc2ccccc2C(=O)NCc2ccco2)ccc1OC. The number of amides is 2. The summed E-state index contributed by atoms with van der Waals surface area (Å²) in [6, 6.07) is 13.6. The van der Waals surface area contributed by atoms with E-state index in [-0.39, 0.29) is 34.0 Å². The van der Waals surface area contributed by atoms with Crippen molar-refractivity contribution >= 4 is 27.5 Å². The normalized spacial score (nSPS) is 10.9. The Morgan fingerprint density at radius 2 is 1.72 bits per heavy atom. The van der Waals surface area contributed by atoms with E-state index in [0.717, 1.165) is 0 Å². The van der Waals surface area contributed by atoms with Crippen LogP contribution in [0.1, 0.15) is 33.4 Å². The lowest BCUT2D eigenvalue weighted by Crippen LogP contribution is -2.25. The average Bonchev–Trinajstić information content (AvgIpc) is 3.31. The molecule has 9 nitrogen and oxygen atoms in total. The number of rotatable bonds is 9. The maximum atomic E-state index is 13.0. The first kappa shape index (κ1) is 22.9. The Labute approximate surface area is 185 Å². The molecular formula is C22H23N3O6S. The van der Waals surface area contributed by atoms with Crippen LogP contribution in [0.4, 0.5) is 5.69 Å². The van der Waals surface area contributed by atoms with E-state index in [2.05, 4.69) is 15.4 Å². The van der Waals surface area contributed by atoms with Gasteiger partial charge in [-0.2, -0.15) is 0 Å². The summed E-state index contributed by atoms with van der Waals surface area (Å²) in [6.45, 7) is 2.28. The van der Waals surface area contributed by atoms with Gasteiger partial charge in [-0.25, -0.2) is 8.42 Å². The van der Waals surface area contributed by atoms with Gasteiger partial charge in [0.1, 0.15) is 11.5 Å². The fourth-order valence-corrected chi connectivity index (χ4v) is 4.04. The van der Waals surface area contributed by atoms with Gasteiger partial charge in [0.05, 0.1) is 41.6 Å². The Morgan fingerprint density at radius 1 is 0.969 bits per heavy atom. The van der Waals surface area contributed by atoms with Gasteiger partial charge in [0, 0.05) is 6.54 Å². The lowest BCUT2D eigenvalue weighted by Gasteiger charge is -2.14. The Hall–Kier alpha value is -3.79. The summed E-state index contributed by atoms with van der Waals surface area (Å²) in [6.07, 6.45) is 1.49. The molecule has 10 heteroatoms. The zero-order chi connectivity index (χ0) is 23.1. The number of hydrogen-bond acceptors (Lipinski definition) is 6. The summed E-state index contributed by atoms with van der Waals surface area (Å²) in [5.74, 6) is -0.128. The third kappa shape index (κ3) is 5.27. The Kier molecular flexibility index (Phi) is 7.16. The summed E-state index contributed by atoms with van der Waals surface area (Å²) in [7, 11) is -2.72. The fourth-order valence-electron chi connectivity index (χ4n) is 2.94. The number of hydrogen-bond donors (Lipinski definition) is 3. The van der Waals surface area contributed by atoms with Gasteiger partial charge < -0.3 is 19.8 Å². The third-order valence-electron chi connectivity index (χ3n) is 4.48. The highest BCUT2D eigenvalue weighted by Gasteiger charge is 2.22. The van der Waals surface area contributed by atoms with Gasteiger partial charge in [0.25, 0.3) is 21.8 Å². The maximum absolute atomic E-state index is 13.0. The molecule has 0 aliphatic rings. The minimum atomic E-state index is -4.11. The minimum Gasteiger partial charge on any atom is -0.496 e. The third-order valence-corrected chi connectivity index (χ3v) is 5.85. The second-order valence-corrected chi connectivity index (χ2v) is 8.32. The largest absolute Gasteiger partial charge is 0.496 e. The van der Waals surface area contributed by atoms with E-state index in [4.69, 9.17) is 9.15 Å². The van der Waals surface area contributed by atoms with Crippen LogP contribution in [0.5, 0.6) is 5.75 Å². The Bertz CT molecular complexity index is 1210. The van der Waals surface area contributed by atoms with Gasteiger partial charge in [-0.15, -0.1) is 0 Å². The number of para-hydroxylation sites is 1. The molecule has 32 heavy (non-hydrogen) atoms. The van der Waals surface area contributed by atoms with Crippen molar-refractivity contribution in [3.8, 4) is 5.75 Å². The van der Waals surface area contributed by atoms with Crippen LogP contribution < -0.4 is 20.1 Å². The van der Waals surface area contributed by atoms with Crippen LogP contribution in [0.15, 0.2) is 70.2 Å². The predicted octanol–water partition coefficient (Wildman–Crippen LogP) is 2.77. The molecular weight excluding hydrogens is 434 g/mol. The second-order valence-electron chi connectivity index (χ2n) is 6.63. The van der Waals surface area contributed by atoms with Gasteiger partial charge in [-0.3, -0.25) is 14.3 Å². The molecule has 0 unspecified atom stereocenters. The van der Waals surface area contributed by atoms with Gasteiger partial charge >= 0.3 is 0 Å². The molecule has 1 aromatic heterocycles. The van der Waals surface area contributed by atoms with Gasteiger partial charge in [0.15, 0.2) is 0 Å². The van der Waals surface area contributed by atoms with Crippen LogP contribution in [0, 0.1) is 0 Å². The van der Waals surface area contributed by atoms with Crippen molar-refractivity contribution in [2.45, 2.75) is 18.4 Å². The first-order valence-corrected chi connectivity index (χ1v) is 11.2. The molecule has 0 saturated carbocycles. The topological polar surface area (TPSA) is 127 Å². The molecule has 1 heterocycles. The molecule has 2 amide bonds. The van der Waals surface area contributed by atoms with Crippen LogP contribution in [-0.2, 0) is 16.6 Å². The first-order chi connectivity index (χ1) is 15.4. The zero-order valence-electron chi connectivity index (χ0n) is 17.5. The van der Waals surface area contributed by atoms with Crippen molar-refractivity contribution in [1.82, 2.24) is 10.6 Å². The van der Waals surface area contributed by atoms with Gasteiger partial charge in [0.2, 0.25) is 0 Å². The molecule has 0 aliphatic heterocycles. The zero-order valence-corrected chi connectivity index (χ0v) is 18.4. The van der Waals surface area contributed by atoms with E-state index in [1.165, 1.54) is 43.7 Å². The molecule has 3 rings (SSSR count). The number of carbonyl (C=O) groups is 2. The highest BCUT2D eigenvalue weighted by molar-refractivity contribution is 7.92. The summed E-state index contributed by atoms with van der Waals surface area (Å²) in [5.41, 5.74) is 0.321. The van der Waals surface area contributed by atoms with Crippen LogP contribution in [-0.4, -0.2) is 33.9 Å². The molecule has 0 bridgehead atoms. The van der Waals surface area contributed by atoms with E-state index >= 15 is 0 Å². The number of nitrogens with one attached hydrogen (secondary N) is 3. The fraction of sp³-hybridized carbons (Fsp3) is 0.182. The van der Waals surface area contributed by atoms with E-state index in [1.54, 1.807) is 31.2 Å². The van der Waals surface area contributed by atoms with Crippen molar-refractivity contribution in [1.29, 1.82) is 0 Å². The molecule has 0 radical (unpaired) electrons. The van der Waals surface area contributed by atoms with Crippen LogP contribution in [0.2, 0.25) is 0 Å². The van der Waals surface area contributed by atoms with Crippen molar-refractivity contribution < 1.29 is 27.2 Å². The minimum absolute atomic E-state index is 0.0849. The van der Waals surface area contributed by atoms with Gasteiger partial charge in [-0.1, -0.05) is 12.1 Å². The molecule has 3 aromatic rings. The molecule has 0 spiro atoms. The van der Waals surface area contributed by atoms with E-state index in [0.29, 0.717) is 12.3 Å². The number of sulfonamides is 1. The molecule has 3 N–H and O–H groups in total. The number of benzene rings is 2. The van der Waals surface area contributed by atoms with Crippen LogP contribution in [0.3, 0.4) is 0 Å². The van der Waals surface area contributed by atoms with Crippen molar-refractivity contribution in [3.63, 3.8) is 0 Å². The number of carbonyl (C=O) groups excluding carboxylic acids is 2. The number of methoxy groups -OCH3 is 1. The lowest BCUT2D eigenvalue weighted by molar-refractivity contribution is 0.0942. The lowest BCUT2D eigenvalue weighted by atomic mass is 10.1. The highest BCUT2D eigenvalue weighted by Crippen LogP contribution is 2.25. The Morgan fingerprint density at radius 3 is 2.41 bits per heavy atom. The maximum Gasteiger partial charge on any atom is 0.261 e. The summed E-state index contributed by atoms with van der Waals surface area (Å²) in [5, 5.41) is 5.30. The first-order valence-electron chi connectivity index (χ1n) is 9.74. The summed E-state index contributed by atoms with van der Waals surface area (Å²) >= 11 is 0. The van der Waals surface area contributed by atoms with E-state index < -0.39 is 21.8 Å². The van der Waals surface area contributed by atoms with E-state index in [9.17, 15) is 18.0 Å². The van der Waals surface area contributed by atoms with Crippen molar-refractivity contribution in [3.05, 3.63) is 77.7 Å². The molecule has 0 fully saturated rings. The molecule has 0 aliphatic carbocycles. The second kappa shape index (κ2) is 10.0. The monoisotopic (exact) mass is 457 g/mol. The standard InChI is InChI=1S/C22H23N3O6S/c1-3-23-22(27)18-13-16(10-11-20(18)30-2)32(28,29)25-19-9-5-4-8-17(19)21(26)24-14-15-7-6-12-31-15/h4-13,25H,3,14H2,1-2H3,(H,23,27)(H,24,26). The summed E-state index contributed by atoms with van der Waals surface area (Å²) in [4.78, 5) is 24.8. The van der Waals surface area contributed by atoms with Crippen LogP contribution in [0.25, 0.3) is 0 Å². The predicted molar refractivity (Wildman–Crippen MR) is 118 cm³/mol. The van der Waals surface area contributed by atoms with Gasteiger partial charge in [-0.05, 0) is 49.4 Å². The molecule has 168 valence electrons. The molecule has 0 atom stereocenters. The Balaban J connectivity index is 1.86. The van der Waals surface area contributed by atoms with Crippen molar-refractivity contribution in [2.24, 2.45) is 0 Å². The van der Waals surface area contributed by atoms with Crippen LogP contribution >= 0.6 is 0 Å². The number of anilines is 1. The van der Waals surface area contributed by atoms with E-state index in [1.807, 2.05) is 0 Å².